The SMILES string of the molecule is CNC1CC(N)NC(=O)N1. The third-order valence-electron chi connectivity index (χ3n) is 1.46. The van der Waals surface area contributed by atoms with E-state index in [1.165, 1.54) is 0 Å². The quantitative estimate of drug-likeness (QED) is 0.362. The fourth-order valence-corrected chi connectivity index (χ4v) is 0.930. The zero-order chi connectivity index (χ0) is 7.56. The smallest absolute Gasteiger partial charge is 0.317 e. The number of urea groups is 1. The molecule has 5 N–H and O–H groups in total. The van der Waals surface area contributed by atoms with Crippen molar-refractivity contribution in [3.05, 3.63) is 0 Å². The van der Waals surface area contributed by atoms with Crippen LogP contribution in [0.1, 0.15) is 6.42 Å². The Balaban J connectivity index is 2.42. The molecule has 0 saturated carbocycles. The van der Waals surface area contributed by atoms with Crippen LogP contribution in [0.3, 0.4) is 0 Å². The molecule has 5 nitrogen and oxygen atoms in total. The van der Waals surface area contributed by atoms with Crippen molar-refractivity contribution >= 4 is 6.03 Å². The Labute approximate surface area is 59.3 Å². The largest absolute Gasteiger partial charge is 0.323 e. The molecule has 0 aromatic carbocycles. The zero-order valence-corrected chi connectivity index (χ0v) is 5.85. The van der Waals surface area contributed by atoms with Gasteiger partial charge in [-0.25, -0.2) is 4.79 Å². The van der Waals surface area contributed by atoms with E-state index in [-0.39, 0.29) is 18.4 Å². The molecule has 0 bridgehead atoms. The molecule has 2 atom stereocenters. The molecular weight excluding hydrogens is 132 g/mol. The first-order valence-electron chi connectivity index (χ1n) is 3.22. The number of carbonyl (C=O) groups is 1. The second-order valence-electron chi connectivity index (χ2n) is 2.30. The van der Waals surface area contributed by atoms with Gasteiger partial charge in [-0.15, -0.1) is 0 Å². The third kappa shape index (κ3) is 1.58. The molecule has 0 aromatic rings. The zero-order valence-electron chi connectivity index (χ0n) is 5.85. The first-order chi connectivity index (χ1) is 4.72. The number of nitrogens with two attached hydrogens (primary N) is 1. The Morgan fingerprint density at radius 3 is 2.90 bits per heavy atom. The Hall–Kier alpha value is -0.810. The van der Waals surface area contributed by atoms with Gasteiger partial charge < -0.3 is 21.7 Å². The molecule has 1 rings (SSSR count). The number of amides is 2. The molecule has 0 spiro atoms. The molecule has 1 heterocycles. The summed E-state index contributed by atoms with van der Waals surface area (Å²) in [6.07, 6.45) is 0.484. The lowest BCUT2D eigenvalue weighted by molar-refractivity contribution is 0.215. The van der Waals surface area contributed by atoms with Crippen LogP contribution >= 0.6 is 0 Å². The Morgan fingerprint density at radius 2 is 2.40 bits per heavy atom. The average molecular weight is 144 g/mol. The van der Waals surface area contributed by atoms with Crippen LogP contribution in [0.2, 0.25) is 0 Å². The molecule has 2 unspecified atom stereocenters. The van der Waals surface area contributed by atoms with Crippen LogP contribution in [0.25, 0.3) is 0 Å². The van der Waals surface area contributed by atoms with Gasteiger partial charge in [0.05, 0.1) is 12.3 Å². The molecule has 2 amide bonds. The summed E-state index contributed by atoms with van der Waals surface area (Å²) in [5.74, 6) is 0. The fourth-order valence-electron chi connectivity index (χ4n) is 0.930. The standard InChI is InChI=1S/C5H12N4O/c1-7-4-2-3(6)8-5(10)9-4/h3-4,7H,2,6H2,1H3,(H2,8,9,10). The fraction of sp³-hybridized carbons (Fsp3) is 0.800. The van der Waals surface area contributed by atoms with Crippen LogP contribution in [-0.2, 0) is 0 Å². The van der Waals surface area contributed by atoms with E-state index in [1.807, 2.05) is 0 Å². The van der Waals surface area contributed by atoms with E-state index in [0.717, 1.165) is 0 Å². The van der Waals surface area contributed by atoms with Gasteiger partial charge in [0, 0.05) is 6.42 Å². The Bertz CT molecular complexity index is 138. The van der Waals surface area contributed by atoms with E-state index >= 15 is 0 Å². The molecule has 1 saturated heterocycles. The molecule has 5 heteroatoms. The van der Waals surface area contributed by atoms with Crippen LogP contribution in [0.5, 0.6) is 0 Å². The Morgan fingerprint density at radius 1 is 1.70 bits per heavy atom. The van der Waals surface area contributed by atoms with E-state index in [2.05, 4.69) is 16.0 Å². The summed E-state index contributed by atoms with van der Waals surface area (Å²) in [5.41, 5.74) is 5.48. The first kappa shape index (κ1) is 7.30. The lowest BCUT2D eigenvalue weighted by Gasteiger charge is -2.28. The van der Waals surface area contributed by atoms with Crippen LogP contribution in [0, 0.1) is 0 Å². The molecule has 0 radical (unpaired) electrons. The third-order valence-corrected chi connectivity index (χ3v) is 1.46. The summed E-state index contributed by atoms with van der Waals surface area (Å²) in [4.78, 5) is 10.7. The monoisotopic (exact) mass is 144 g/mol. The van der Waals surface area contributed by atoms with Gasteiger partial charge in [0.15, 0.2) is 0 Å². The van der Waals surface area contributed by atoms with Crippen molar-refractivity contribution in [3.8, 4) is 0 Å². The molecule has 10 heavy (non-hydrogen) atoms. The van der Waals surface area contributed by atoms with Crippen molar-refractivity contribution in [1.82, 2.24) is 16.0 Å². The van der Waals surface area contributed by atoms with Crippen molar-refractivity contribution in [2.75, 3.05) is 7.05 Å². The molecule has 1 fully saturated rings. The van der Waals surface area contributed by atoms with Gasteiger partial charge in [0.25, 0.3) is 0 Å². The van der Waals surface area contributed by atoms with Crippen LogP contribution < -0.4 is 21.7 Å². The van der Waals surface area contributed by atoms with E-state index in [0.29, 0.717) is 6.42 Å². The summed E-state index contributed by atoms with van der Waals surface area (Å²) in [6, 6.07) is -0.210. The van der Waals surface area contributed by atoms with E-state index in [1.54, 1.807) is 7.05 Å². The van der Waals surface area contributed by atoms with Crippen LogP contribution in [0.15, 0.2) is 0 Å². The van der Waals surface area contributed by atoms with Gasteiger partial charge in [-0.2, -0.15) is 0 Å². The molecule has 0 aromatic heterocycles. The lowest BCUT2D eigenvalue weighted by Crippen LogP contribution is -2.61. The number of nitrogens with one attached hydrogen (secondary N) is 3. The van der Waals surface area contributed by atoms with Crippen LogP contribution in [0.4, 0.5) is 4.79 Å². The number of hydrogen-bond donors (Lipinski definition) is 4. The molecule has 1 aliphatic rings. The maximum atomic E-state index is 10.7. The second-order valence-corrected chi connectivity index (χ2v) is 2.30. The topological polar surface area (TPSA) is 79.2 Å². The second kappa shape index (κ2) is 2.85. The minimum atomic E-state index is -0.230. The van der Waals surface area contributed by atoms with Gasteiger partial charge in [0.2, 0.25) is 0 Å². The van der Waals surface area contributed by atoms with E-state index in [4.69, 9.17) is 5.73 Å². The molecule has 1 aliphatic heterocycles. The molecular formula is C5H12N4O. The summed E-state index contributed by atoms with van der Waals surface area (Å²) < 4.78 is 0. The minimum absolute atomic E-state index is 0.00347. The highest BCUT2D eigenvalue weighted by molar-refractivity contribution is 5.75. The lowest BCUT2D eigenvalue weighted by atomic mass is 10.2. The predicted molar refractivity (Wildman–Crippen MR) is 37.1 cm³/mol. The van der Waals surface area contributed by atoms with Crippen molar-refractivity contribution in [1.29, 1.82) is 0 Å². The number of rotatable bonds is 1. The summed E-state index contributed by atoms with van der Waals surface area (Å²) in [5, 5.41) is 8.10. The number of hydrogen-bond acceptors (Lipinski definition) is 3. The molecule has 0 aliphatic carbocycles. The minimum Gasteiger partial charge on any atom is -0.323 e. The normalized spacial score (nSPS) is 32.8. The van der Waals surface area contributed by atoms with Gasteiger partial charge in [-0.1, -0.05) is 0 Å². The number of carbonyl (C=O) groups excluding carboxylic acids is 1. The van der Waals surface area contributed by atoms with Gasteiger partial charge in [0.1, 0.15) is 0 Å². The summed E-state index contributed by atoms with van der Waals surface area (Å²) >= 11 is 0. The highest BCUT2D eigenvalue weighted by atomic mass is 16.2. The average Bonchev–Trinajstić information content (AvgIpc) is 1.85. The predicted octanol–water partition coefficient (Wildman–Crippen LogP) is -1.48. The van der Waals surface area contributed by atoms with Gasteiger partial charge >= 0.3 is 6.03 Å². The summed E-state index contributed by atoms with van der Waals surface area (Å²) in [7, 11) is 1.78. The van der Waals surface area contributed by atoms with Gasteiger partial charge in [-0.05, 0) is 7.05 Å². The van der Waals surface area contributed by atoms with Gasteiger partial charge in [-0.3, -0.25) is 0 Å². The first-order valence-corrected chi connectivity index (χ1v) is 3.22. The van der Waals surface area contributed by atoms with E-state index < -0.39 is 0 Å². The van der Waals surface area contributed by atoms with Crippen molar-refractivity contribution in [3.63, 3.8) is 0 Å². The maximum absolute atomic E-state index is 10.7. The van der Waals surface area contributed by atoms with Crippen molar-refractivity contribution in [2.45, 2.75) is 18.8 Å². The van der Waals surface area contributed by atoms with E-state index in [9.17, 15) is 4.79 Å². The maximum Gasteiger partial charge on any atom is 0.317 e. The highest BCUT2D eigenvalue weighted by Crippen LogP contribution is 1.95. The Kier molecular flexibility index (Phi) is 2.08. The van der Waals surface area contributed by atoms with Crippen molar-refractivity contribution < 1.29 is 4.79 Å². The van der Waals surface area contributed by atoms with Crippen LogP contribution in [-0.4, -0.2) is 25.4 Å². The van der Waals surface area contributed by atoms with Crippen molar-refractivity contribution in [2.24, 2.45) is 5.73 Å². The molecule has 58 valence electrons. The highest BCUT2D eigenvalue weighted by Gasteiger charge is 2.20. The summed E-state index contributed by atoms with van der Waals surface area (Å²) in [6.45, 7) is 0.